The van der Waals surface area contributed by atoms with E-state index in [4.69, 9.17) is 4.74 Å². The minimum Gasteiger partial charge on any atom is -0.383 e. The van der Waals surface area contributed by atoms with E-state index in [1.165, 1.54) is 24.0 Å². The molecule has 0 aliphatic carbocycles. The fourth-order valence-corrected chi connectivity index (χ4v) is 4.71. The van der Waals surface area contributed by atoms with Gasteiger partial charge in [0.1, 0.15) is 0 Å². The maximum absolute atomic E-state index is 12.4. The first-order valence-corrected chi connectivity index (χ1v) is 11.0. The first-order chi connectivity index (χ1) is 13.7. The summed E-state index contributed by atoms with van der Waals surface area (Å²) in [5.41, 5.74) is 2.96. The Morgan fingerprint density at radius 1 is 1.14 bits per heavy atom. The third-order valence-electron chi connectivity index (χ3n) is 6.40. The van der Waals surface area contributed by atoms with Gasteiger partial charge in [0.05, 0.1) is 12.5 Å². The van der Waals surface area contributed by atoms with Gasteiger partial charge in [-0.15, -0.1) is 0 Å². The number of likely N-dealkylation sites (tertiary alicyclic amines) is 2. The van der Waals surface area contributed by atoms with E-state index in [2.05, 4.69) is 46.3 Å². The smallest absolute Gasteiger partial charge is 0.224 e. The molecule has 156 valence electrons. The van der Waals surface area contributed by atoms with E-state index in [0.717, 1.165) is 52.0 Å². The van der Waals surface area contributed by atoms with Gasteiger partial charge in [-0.1, -0.05) is 31.2 Å². The third-order valence-corrected chi connectivity index (χ3v) is 6.40. The number of hydrogen-bond acceptors (Lipinski definition) is 4. The second kappa shape index (κ2) is 10.9. The van der Waals surface area contributed by atoms with Crippen LogP contribution in [0.3, 0.4) is 0 Å². The topological polar surface area (TPSA) is 44.8 Å². The average Bonchev–Trinajstić information content (AvgIpc) is 2.75. The van der Waals surface area contributed by atoms with Crippen molar-refractivity contribution in [2.24, 2.45) is 5.92 Å². The number of aryl methyl sites for hydroxylation is 1. The van der Waals surface area contributed by atoms with E-state index in [9.17, 15) is 4.79 Å². The largest absolute Gasteiger partial charge is 0.383 e. The molecule has 1 N–H and O–H groups in total. The van der Waals surface area contributed by atoms with E-state index >= 15 is 0 Å². The molecule has 0 radical (unpaired) electrons. The molecule has 2 aliphatic heterocycles. The maximum atomic E-state index is 12.4. The van der Waals surface area contributed by atoms with Crippen LogP contribution < -0.4 is 5.32 Å². The van der Waals surface area contributed by atoms with Crippen LogP contribution in [0.1, 0.15) is 43.7 Å². The Morgan fingerprint density at radius 3 is 2.61 bits per heavy atom. The predicted molar refractivity (Wildman–Crippen MR) is 113 cm³/mol. The van der Waals surface area contributed by atoms with Crippen LogP contribution >= 0.6 is 0 Å². The molecule has 28 heavy (non-hydrogen) atoms. The number of carbonyl (C=O) groups excluding carboxylic acids is 1. The van der Waals surface area contributed by atoms with Crippen LogP contribution in [0.2, 0.25) is 0 Å². The van der Waals surface area contributed by atoms with Crippen molar-refractivity contribution in [1.29, 1.82) is 0 Å². The standard InChI is InChI=1S/C23H37N3O2/c1-3-19-7-4-5-8-20(19)17-25-14-10-22(11-15-25)26-13-6-9-21(18-26)23(27)24-12-16-28-2/h4-5,7-8,21-22H,3,6,9-18H2,1-2H3,(H,24,27)/t21-/m1/s1. The van der Waals surface area contributed by atoms with Crippen molar-refractivity contribution in [3.63, 3.8) is 0 Å². The van der Waals surface area contributed by atoms with Crippen molar-refractivity contribution in [3.8, 4) is 0 Å². The number of ether oxygens (including phenoxy) is 1. The van der Waals surface area contributed by atoms with Crippen LogP contribution in [0.4, 0.5) is 0 Å². The molecule has 0 spiro atoms. The zero-order chi connectivity index (χ0) is 19.8. The molecule has 2 saturated heterocycles. The normalized spacial score (nSPS) is 22.3. The Morgan fingerprint density at radius 2 is 1.89 bits per heavy atom. The number of rotatable bonds is 8. The quantitative estimate of drug-likeness (QED) is 0.697. The van der Waals surface area contributed by atoms with Gasteiger partial charge in [0.15, 0.2) is 0 Å². The van der Waals surface area contributed by atoms with Crippen molar-refractivity contribution < 1.29 is 9.53 Å². The number of carbonyl (C=O) groups is 1. The number of amides is 1. The molecule has 1 aromatic rings. The minimum absolute atomic E-state index is 0.139. The number of nitrogens with one attached hydrogen (secondary N) is 1. The molecule has 2 heterocycles. The summed E-state index contributed by atoms with van der Waals surface area (Å²) in [5.74, 6) is 0.343. The van der Waals surface area contributed by atoms with Gasteiger partial charge < -0.3 is 10.1 Å². The Balaban J connectivity index is 1.46. The second-order valence-electron chi connectivity index (χ2n) is 8.25. The highest BCUT2D eigenvalue weighted by Crippen LogP contribution is 2.25. The average molecular weight is 388 g/mol. The number of methoxy groups -OCH3 is 1. The summed E-state index contributed by atoms with van der Waals surface area (Å²) < 4.78 is 5.03. The summed E-state index contributed by atoms with van der Waals surface area (Å²) in [5, 5.41) is 3.02. The summed E-state index contributed by atoms with van der Waals surface area (Å²) in [4.78, 5) is 17.6. The van der Waals surface area contributed by atoms with E-state index < -0.39 is 0 Å². The van der Waals surface area contributed by atoms with Gasteiger partial charge in [0, 0.05) is 32.8 Å². The van der Waals surface area contributed by atoms with Gasteiger partial charge in [0.2, 0.25) is 5.91 Å². The van der Waals surface area contributed by atoms with Crippen molar-refractivity contribution >= 4 is 5.91 Å². The Labute approximate surface area is 170 Å². The summed E-state index contributed by atoms with van der Waals surface area (Å²) in [6.45, 7) is 8.89. The summed E-state index contributed by atoms with van der Waals surface area (Å²) in [7, 11) is 1.67. The van der Waals surface area contributed by atoms with E-state index in [1.807, 2.05) is 0 Å². The summed E-state index contributed by atoms with van der Waals surface area (Å²) in [6.07, 6.45) is 5.68. The molecule has 0 saturated carbocycles. The van der Waals surface area contributed by atoms with Gasteiger partial charge in [0.25, 0.3) is 0 Å². The molecule has 0 aromatic heterocycles. The van der Waals surface area contributed by atoms with Gasteiger partial charge in [-0.2, -0.15) is 0 Å². The van der Waals surface area contributed by atoms with Crippen LogP contribution in [0.15, 0.2) is 24.3 Å². The molecule has 2 fully saturated rings. The number of hydrogen-bond donors (Lipinski definition) is 1. The molecule has 0 unspecified atom stereocenters. The lowest BCUT2D eigenvalue weighted by Crippen LogP contribution is -2.50. The van der Waals surface area contributed by atoms with Crippen LogP contribution in [0, 0.1) is 5.92 Å². The van der Waals surface area contributed by atoms with Gasteiger partial charge in [-0.25, -0.2) is 0 Å². The highest BCUT2D eigenvalue weighted by atomic mass is 16.5. The lowest BCUT2D eigenvalue weighted by molar-refractivity contribution is -0.127. The van der Waals surface area contributed by atoms with E-state index in [-0.39, 0.29) is 11.8 Å². The van der Waals surface area contributed by atoms with Gasteiger partial charge in [-0.3, -0.25) is 14.6 Å². The monoisotopic (exact) mass is 387 g/mol. The third kappa shape index (κ3) is 5.79. The molecule has 1 amide bonds. The fraction of sp³-hybridized carbons (Fsp3) is 0.696. The zero-order valence-corrected chi connectivity index (χ0v) is 17.7. The Kier molecular flexibility index (Phi) is 8.31. The molecule has 5 nitrogen and oxygen atoms in total. The van der Waals surface area contributed by atoms with Crippen molar-refractivity contribution in [2.75, 3.05) is 46.4 Å². The minimum atomic E-state index is 0.139. The second-order valence-corrected chi connectivity index (χ2v) is 8.25. The summed E-state index contributed by atoms with van der Waals surface area (Å²) in [6, 6.07) is 9.47. The Bertz CT molecular complexity index is 614. The van der Waals surface area contributed by atoms with Crippen LogP contribution in [-0.4, -0.2) is 68.2 Å². The molecule has 1 atom stereocenters. The first kappa shape index (κ1) is 21.3. The van der Waals surface area contributed by atoms with Crippen LogP contribution in [0.5, 0.6) is 0 Å². The van der Waals surface area contributed by atoms with E-state index in [1.54, 1.807) is 7.11 Å². The van der Waals surface area contributed by atoms with E-state index in [0.29, 0.717) is 19.2 Å². The SMILES string of the molecule is CCc1ccccc1CN1CCC(N2CCC[C@@H](C(=O)NCCOC)C2)CC1. The Hall–Kier alpha value is -1.43. The highest BCUT2D eigenvalue weighted by Gasteiger charge is 2.31. The molecule has 0 bridgehead atoms. The van der Waals surface area contributed by atoms with Crippen molar-refractivity contribution in [1.82, 2.24) is 15.1 Å². The first-order valence-electron chi connectivity index (χ1n) is 11.0. The molecule has 2 aliphatic rings. The lowest BCUT2D eigenvalue weighted by atomic mass is 9.93. The van der Waals surface area contributed by atoms with Gasteiger partial charge >= 0.3 is 0 Å². The summed E-state index contributed by atoms with van der Waals surface area (Å²) >= 11 is 0. The molecule has 3 rings (SSSR count). The molecule has 5 heteroatoms. The van der Waals surface area contributed by atoms with Crippen molar-refractivity contribution in [3.05, 3.63) is 35.4 Å². The molecule has 1 aromatic carbocycles. The van der Waals surface area contributed by atoms with Crippen LogP contribution in [-0.2, 0) is 22.5 Å². The maximum Gasteiger partial charge on any atom is 0.224 e. The highest BCUT2D eigenvalue weighted by molar-refractivity contribution is 5.78. The molecular formula is C23H37N3O2. The van der Waals surface area contributed by atoms with Crippen LogP contribution in [0.25, 0.3) is 0 Å². The van der Waals surface area contributed by atoms with Gasteiger partial charge in [-0.05, 0) is 62.9 Å². The fourth-order valence-electron chi connectivity index (χ4n) is 4.71. The predicted octanol–water partition coefficient (Wildman–Crippen LogP) is 2.69. The number of benzene rings is 1. The van der Waals surface area contributed by atoms with Crippen molar-refractivity contribution in [2.45, 2.75) is 51.6 Å². The molecular weight excluding hydrogens is 350 g/mol. The number of piperidine rings is 2. The zero-order valence-electron chi connectivity index (χ0n) is 17.7. The lowest BCUT2D eigenvalue weighted by Gasteiger charge is -2.42. The number of nitrogens with zero attached hydrogens (tertiary/aromatic N) is 2.